The van der Waals surface area contributed by atoms with E-state index in [9.17, 15) is 4.79 Å². The maximum absolute atomic E-state index is 12.5. The number of aromatic nitrogens is 1. The standard InChI is InChI=1S/C21H29N3O2/c1-5-24(6-2)20-13-12-18(16-22-20)21(25)23(4)14-9-15-26-19-11-8-7-10-17(19)3/h7-8,10-13,16H,5-6,9,14-15H2,1-4H3. The molecule has 0 radical (unpaired) electrons. The van der Waals surface area contributed by atoms with Gasteiger partial charge in [0.05, 0.1) is 12.2 Å². The Morgan fingerprint density at radius 3 is 2.46 bits per heavy atom. The van der Waals surface area contributed by atoms with Gasteiger partial charge in [0.15, 0.2) is 0 Å². The maximum Gasteiger partial charge on any atom is 0.255 e. The number of benzene rings is 1. The molecule has 5 heteroatoms. The molecular weight excluding hydrogens is 326 g/mol. The molecule has 0 aliphatic rings. The topological polar surface area (TPSA) is 45.7 Å². The van der Waals surface area contributed by atoms with Gasteiger partial charge in [-0.25, -0.2) is 4.98 Å². The second-order valence-electron chi connectivity index (χ2n) is 6.27. The molecule has 0 unspecified atom stereocenters. The zero-order chi connectivity index (χ0) is 18.9. The van der Waals surface area contributed by atoms with Crippen LogP contribution in [-0.2, 0) is 0 Å². The van der Waals surface area contributed by atoms with E-state index in [2.05, 4.69) is 23.7 Å². The summed E-state index contributed by atoms with van der Waals surface area (Å²) in [5.74, 6) is 1.79. The van der Waals surface area contributed by atoms with Crippen molar-refractivity contribution in [1.82, 2.24) is 9.88 Å². The molecule has 0 spiro atoms. The molecule has 140 valence electrons. The molecule has 5 nitrogen and oxygen atoms in total. The van der Waals surface area contributed by atoms with Crippen molar-refractivity contribution in [2.45, 2.75) is 27.2 Å². The van der Waals surface area contributed by atoms with Gasteiger partial charge in [-0.2, -0.15) is 0 Å². The molecule has 0 fully saturated rings. The number of para-hydroxylation sites is 1. The SMILES string of the molecule is CCN(CC)c1ccc(C(=O)N(C)CCCOc2ccccc2C)cn1. The molecule has 0 bridgehead atoms. The van der Waals surface area contributed by atoms with Crippen LogP contribution >= 0.6 is 0 Å². The number of amides is 1. The predicted molar refractivity (Wildman–Crippen MR) is 106 cm³/mol. The van der Waals surface area contributed by atoms with E-state index in [1.807, 2.05) is 50.4 Å². The lowest BCUT2D eigenvalue weighted by Crippen LogP contribution is -2.29. The summed E-state index contributed by atoms with van der Waals surface area (Å²) in [6.07, 6.45) is 2.44. The van der Waals surface area contributed by atoms with Gasteiger partial charge in [-0.1, -0.05) is 18.2 Å². The predicted octanol–water partition coefficient (Wildman–Crippen LogP) is 3.78. The van der Waals surface area contributed by atoms with Gasteiger partial charge in [-0.3, -0.25) is 4.79 Å². The number of pyridine rings is 1. The molecule has 0 aliphatic carbocycles. The first-order chi connectivity index (χ1) is 12.6. The van der Waals surface area contributed by atoms with Crippen LogP contribution in [0, 0.1) is 6.92 Å². The molecular formula is C21H29N3O2. The third-order valence-corrected chi connectivity index (χ3v) is 4.42. The van der Waals surface area contributed by atoms with E-state index in [0.29, 0.717) is 18.7 Å². The van der Waals surface area contributed by atoms with Crippen LogP contribution in [0.2, 0.25) is 0 Å². The number of ether oxygens (including phenoxy) is 1. The van der Waals surface area contributed by atoms with Crippen molar-refractivity contribution in [2.24, 2.45) is 0 Å². The number of rotatable bonds is 9. The number of carbonyl (C=O) groups is 1. The Labute approximate surface area is 156 Å². The Morgan fingerprint density at radius 1 is 1.12 bits per heavy atom. The average molecular weight is 355 g/mol. The molecule has 1 heterocycles. The smallest absolute Gasteiger partial charge is 0.255 e. The molecule has 1 aromatic heterocycles. The van der Waals surface area contributed by atoms with E-state index in [1.54, 1.807) is 11.1 Å². The Hall–Kier alpha value is -2.56. The van der Waals surface area contributed by atoms with Crippen molar-refractivity contribution in [2.75, 3.05) is 38.2 Å². The Balaban J connectivity index is 1.82. The summed E-state index contributed by atoms with van der Waals surface area (Å²) < 4.78 is 5.78. The van der Waals surface area contributed by atoms with Gasteiger partial charge in [0.2, 0.25) is 0 Å². The first-order valence-electron chi connectivity index (χ1n) is 9.21. The summed E-state index contributed by atoms with van der Waals surface area (Å²) in [6.45, 7) is 9.24. The zero-order valence-corrected chi connectivity index (χ0v) is 16.2. The van der Waals surface area contributed by atoms with Crippen molar-refractivity contribution in [3.63, 3.8) is 0 Å². The fourth-order valence-corrected chi connectivity index (χ4v) is 2.77. The molecule has 0 aliphatic heterocycles. The molecule has 0 atom stereocenters. The molecule has 2 rings (SSSR count). The van der Waals surface area contributed by atoms with Crippen LogP contribution in [0.15, 0.2) is 42.6 Å². The van der Waals surface area contributed by atoms with Crippen molar-refractivity contribution < 1.29 is 9.53 Å². The summed E-state index contributed by atoms with van der Waals surface area (Å²) in [5.41, 5.74) is 1.74. The summed E-state index contributed by atoms with van der Waals surface area (Å²) >= 11 is 0. The number of carbonyl (C=O) groups excluding carboxylic acids is 1. The van der Waals surface area contributed by atoms with Crippen LogP contribution in [-0.4, -0.2) is 49.1 Å². The van der Waals surface area contributed by atoms with Crippen LogP contribution in [0.1, 0.15) is 36.2 Å². The van der Waals surface area contributed by atoms with E-state index in [0.717, 1.165) is 36.6 Å². The molecule has 26 heavy (non-hydrogen) atoms. The highest BCUT2D eigenvalue weighted by Crippen LogP contribution is 2.16. The lowest BCUT2D eigenvalue weighted by Gasteiger charge is -2.21. The molecule has 0 saturated heterocycles. The molecule has 0 N–H and O–H groups in total. The normalized spacial score (nSPS) is 10.5. The lowest BCUT2D eigenvalue weighted by atomic mass is 10.2. The quantitative estimate of drug-likeness (QED) is 0.642. The monoisotopic (exact) mass is 355 g/mol. The fraction of sp³-hybridized carbons (Fsp3) is 0.429. The first-order valence-corrected chi connectivity index (χ1v) is 9.21. The molecule has 1 aromatic carbocycles. The largest absolute Gasteiger partial charge is 0.493 e. The minimum atomic E-state index is -0.0144. The van der Waals surface area contributed by atoms with Crippen LogP contribution in [0.25, 0.3) is 0 Å². The summed E-state index contributed by atoms with van der Waals surface area (Å²) in [6, 6.07) is 11.7. The number of hydrogen-bond donors (Lipinski definition) is 0. The Morgan fingerprint density at radius 2 is 1.85 bits per heavy atom. The number of aryl methyl sites for hydroxylation is 1. The zero-order valence-electron chi connectivity index (χ0n) is 16.2. The van der Waals surface area contributed by atoms with Gasteiger partial charge in [-0.15, -0.1) is 0 Å². The highest BCUT2D eigenvalue weighted by molar-refractivity contribution is 5.93. The van der Waals surface area contributed by atoms with E-state index < -0.39 is 0 Å². The van der Waals surface area contributed by atoms with Crippen molar-refractivity contribution in [3.8, 4) is 5.75 Å². The first kappa shape index (κ1) is 19.8. The van der Waals surface area contributed by atoms with Gasteiger partial charge in [-0.05, 0) is 51.0 Å². The van der Waals surface area contributed by atoms with Crippen molar-refractivity contribution >= 4 is 11.7 Å². The van der Waals surface area contributed by atoms with Crippen LogP contribution < -0.4 is 9.64 Å². The van der Waals surface area contributed by atoms with E-state index >= 15 is 0 Å². The van der Waals surface area contributed by atoms with Gasteiger partial charge < -0.3 is 14.5 Å². The molecule has 1 amide bonds. The van der Waals surface area contributed by atoms with Gasteiger partial charge in [0.1, 0.15) is 11.6 Å². The number of anilines is 1. The lowest BCUT2D eigenvalue weighted by molar-refractivity contribution is 0.0787. The van der Waals surface area contributed by atoms with E-state index in [-0.39, 0.29) is 5.91 Å². The van der Waals surface area contributed by atoms with Crippen LogP contribution in [0.5, 0.6) is 5.75 Å². The molecule has 2 aromatic rings. The highest BCUT2D eigenvalue weighted by atomic mass is 16.5. The minimum absolute atomic E-state index is 0.0144. The highest BCUT2D eigenvalue weighted by Gasteiger charge is 2.13. The second kappa shape index (κ2) is 9.80. The second-order valence-corrected chi connectivity index (χ2v) is 6.27. The number of nitrogens with zero attached hydrogens (tertiary/aromatic N) is 3. The number of hydrogen-bond acceptors (Lipinski definition) is 4. The fourth-order valence-electron chi connectivity index (χ4n) is 2.77. The van der Waals surface area contributed by atoms with E-state index in [4.69, 9.17) is 4.74 Å². The average Bonchev–Trinajstić information content (AvgIpc) is 2.67. The Kier molecular flexibility index (Phi) is 7.45. The third kappa shape index (κ3) is 5.22. The molecule has 0 saturated carbocycles. The van der Waals surface area contributed by atoms with Gasteiger partial charge >= 0.3 is 0 Å². The maximum atomic E-state index is 12.5. The summed E-state index contributed by atoms with van der Waals surface area (Å²) in [4.78, 5) is 20.8. The minimum Gasteiger partial charge on any atom is -0.493 e. The van der Waals surface area contributed by atoms with Crippen molar-refractivity contribution in [1.29, 1.82) is 0 Å². The van der Waals surface area contributed by atoms with Gasteiger partial charge in [0.25, 0.3) is 5.91 Å². The van der Waals surface area contributed by atoms with Crippen LogP contribution in [0.3, 0.4) is 0 Å². The third-order valence-electron chi connectivity index (χ3n) is 4.42. The Bertz CT molecular complexity index is 697. The summed E-state index contributed by atoms with van der Waals surface area (Å²) in [5, 5.41) is 0. The van der Waals surface area contributed by atoms with E-state index in [1.165, 1.54) is 0 Å². The summed E-state index contributed by atoms with van der Waals surface area (Å²) in [7, 11) is 1.81. The van der Waals surface area contributed by atoms with Gasteiger partial charge in [0, 0.05) is 32.9 Å². The van der Waals surface area contributed by atoms with Crippen LogP contribution in [0.4, 0.5) is 5.82 Å². The van der Waals surface area contributed by atoms with Crippen molar-refractivity contribution in [3.05, 3.63) is 53.7 Å².